The third-order valence-electron chi connectivity index (χ3n) is 1.44. The number of rotatable bonds is 3. The first-order valence-corrected chi connectivity index (χ1v) is 4.13. The quantitative estimate of drug-likeness (QED) is 0.634. The van der Waals surface area contributed by atoms with Crippen LogP contribution in [0.1, 0.15) is 12.6 Å². The van der Waals surface area contributed by atoms with Crippen LogP contribution in [0, 0.1) is 0 Å². The van der Waals surface area contributed by atoms with E-state index in [9.17, 15) is 9.59 Å². The summed E-state index contributed by atoms with van der Waals surface area (Å²) < 4.78 is 4.69. The van der Waals surface area contributed by atoms with Crippen LogP contribution in [-0.2, 0) is 16.0 Å². The summed E-state index contributed by atoms with van der Waals surface area (Å²) in [4.78, 5) is 28.0. The molecule has 0 amide bonds. The van der Waals surface area contributed by atoms with Gasteiger partial charge in [-0.2, -0.15) is 0 Å². The molecule has 1 aromatic rings. The molecule has 14 heavy (non-hydrogen) atoms. The smallest absolute Gasteiger partial charge is 0.311 e. The van der Waals surface area contributed by atoms with Gasteiger partial charge in [-0.1, -0.05) is 0 Å². The third kappa shape index (κ3) is 2.89. The fraction of sp³-hybridized carbons (Fsp3) is 0.375. The van der Waals surface area contributed by atoms with Gasteiger partial charge in [-0.05, 0) is 6.92 Å². The summed E-state index contributed by atoms with van der Waals surface area (Å²) in [5.41, 5.74) is 5.22. The van der Waals surface area contributed by atoms with Crippen LogP contribution in [0.2, 0.25) is 0 Å². The van der Waals surface area contributed by atoms with E-state index in [1.807, 2.05) is 0 Å². The Kier molecular flexibility index (Phi) is 3.22. The molecule has 0 aromatic carbocycles. The number of ether oxygens (including phenoxy) is 1. The molecule has 0 radical (unpaired) electrons. The zero-order chi connectivity index (χ0) is 10.6. The summed E-state index contributed by atoms with van der Waals surface area (Å²) >= 11 is 0. The van der Waals surface area contributed by atoms with Gasteiger partial charge in [0.25, 0.3) is 5.56 Å². The molecule has 0 aliphatic rings. The normalized spacial score (nSPS) is 9.79. The molecule has 3 N–H and O–H groups in total. The van der Waals surface area contributed by atoms with Crippen molar-refractivity contribution >= 4 is 11.9 Å². The summed E-state index contributed by atoms with van der Waals surface area (Å²) in [5.74, 6) is -0.429. The van der Waals surface area contributed by atoms with Crippen LogP contribution in [0.5, 0.6) is 0 Å². The largest absolute Gasteiger partial charge is 0.466 e. The lowest BCUT2D eigenvalue weighted by Crippen LogP contribution is -2.15. The van der Waals surface area contributed by atoms with Crippen LogP contribution < -0.4 is 11.3 Å². The molecule has 0 aliphatic carbocycles. The molecular formula is C8H11N3O3. The van der Waals surface area contributed by atoms with Crippen LogP contribution in [0.3, 0.4) is 0 Å². The van der Waals surface area contributed by atoms with Gasteiger partial charge in [0.1, 0.15) is 0 Å². The second-order valence-electron chi connectivity index (χ2n) is 2.60. The number of hydrogen-bond donors (Lipinski definition) is 2. The van der Waals surface area contributed by atoms with E-state index < -0.39 is 5.97 Å². The van der Waals surface area contributed by atoms with Gasteiger partial charge in [0.15, 0.2) is 0 Å². The standard InChI is InChI=1S/C8H11N3O3/c1-2-14-7(13)4-5-3-6(12)11-8(9)10-5/h3H,2,4H2,1H3,(H3,9,10,11,12). The molecule has 1 rings (SSSR count). The number of aromatic amines is 1. The molecule has 0 bridgehead atoms. The fourth-order valence-corrected chi connectivity index (χ4v) is 0.979. The first-order chi connectivity index (χ1) is 6.61. The van der Waals surface area contributed by atoms with Gasteiger partial charge < -0.3 is 10.5 Å². The van der Waals surface area contributed by atoms with Crippen LogP contribution in [0.25, 0.3) is 0 Å². The van der Waals surface area contributed by atoms with Gasteiger partial charge in [-0.25, -0.2) is 4.98 Å². The minimum atomic E-state index is -0.426. The molecule has 0 saturated carbocycles. The highest BCUT2D eigenvalue weighted by atomic mass is 16.5. The molecule has 0 unspecified atom stereocenters. The van der Waals surface area contributed by atoms with Crippen LogP contribution in [-0.4, -0.2) is 22.5 Å². The predicted octanol–water partition coefficient (Wildman–Crippen LogP) is -0.542. The van der Waals surface area contributed by atoms with E-state index in [1.54, 1.807) is 6.92 Å². The van der Waals surface area contributed by atoms with Crippen molar-refractivity contribution in [1.29, 1.82) is 0 Å². The Hall–Kier alpha value is -1.85. The van der Waals surface area contributed by atoms with E-state index in [0.29, 0.717) is 12.3 Å². The molecule has 0 saturated heterocycles. The Morgan fingerprint density at radius 1 is 1.71 bits per heavy atom. The average Bonchev–Trinajstić information content (AvgIpc) is 2.01. The first kappa shape index (κ1) is 10.2. The van der Waals surface area contributed by atoms with Crippen molar-refractivity contribution in [2.75, 3.05) is 12.3 Å². The molecule has 0 aliphatic heterocycles. The van der Waals surface area contributed by atoms with E-state index in [1.165, 1.54) is 6.07 Å². The maximum atomic E-state index is 11.0. The molecule has 1 heterocycles. The van der Waals surface area contributed by atoms with Gasteiger partial charge in [0, 0.05) is 6.07 Å². The van der Waals surface area contributed by atoms with Gasteiger partial charge in [0.2, 0.25) is 5.95 Å². The highest BCUT2D eigenvalue weighted by molar-refractivity contribution is 5.71. The minimum absolute atomic E-state index is 0.00296. The van der Waals surface area contributed by atoms with Crippen molar-refractivity contribution in [3.8, 4) is 0 Å². The maximum Gasteiger partial charge on any atom is 0.311 e. The van der Waals surface area contributed by atoms with Crippen molar-refractivity contribution in [3.05, 3.63) is 22.1 Å². The SMILES string of the molecule is CCOC(=O)Cc1cc(=O)[nH]c(N)n1. The van der Waals surface area contributed by atoms with E-state index in [4.69, 9.17) is 10.5 Å². The van der Waals surface area contributed by atoms with Gasteiger partial charge >= 0.3 is 5.97 Å². The number of nitrogen functional groups attached to an aromatic ring is 1. The van der Waals surface area contributed by atoms with Crippen molar-refractivity contribution in [1.82, 2.24) is 9.97 Å². The Labute approximate surface area is 80.1 Å². The number of aromatic nitrogens is 2. The Morgan fingerprint density at radius 2 is 2.43 bits per heavy atom. The fourth-order valence-electron chi connectivity index (χ4n) is 0.979. The molecule has 0 fully saturated rings. The van der Waals surface area contributed by atoms with Crippen molar-refractivity contribution in [3.63, 3.8) is 0 Å². The molecule has 6 heteroatoms. The lowest BCUT2D eigenvalue weighted by molar-refractivity contribution is -0.142. The number of hydrogen-bond acceptors (Lipinski definition) is 5. The number of anilines is 1. The van der Waals surface area contributed by atoms with Crippen molar-refractivity contribution < 1.29 is 9.53 Å². The van der Waals surface area contributed by atoms with E-state index in [2.05, 4.69) is 9.97 Å². The summed E-state index contributed by atoms with van der Waals surface area (Å²) in [6.07, 6.45) is -0.0397. The third-order valence-corrected chi connectivity index (χ3v) is 1.44. The number of carbonyl (C=O) groups is 1. The summed E-state index contributed by atoms with van der Waals surface area (Å²) in [6, 6.07) is 1.22. The van der Waals surface area contributed by atoms with Gasteiger partial charge in [0.05, 0.1) is 18.7 Å². The number of nitrogens with two attached hydrogens (primary N) is 1. The zero-order valence-electron chi connectivity index (χ0n) is 7.74. The molecular weight excluding hydrogens is 186 g/mol. The monoisotopic (exact) mass is 197 g/mol. The van der Waals surface area contributed by atoms with E-state index in [-0.39, 0.29) is 17.9 Å². The predicted molar refractivity (Wildman–Crippen MR) is 49.6 cm³/mol. The van der Waals surface area contributed by atoms with Crippen LogP contribution >= 0.6 is 0 Å². The first-order valence-electron chi connectivity index (χ1n) is 4.13. The average molecular weight is 197 g/mol. The summed E-state index contributed by atoms with van der Waals surface area (Å²) in [7, 11) is 0. The minimum Gasteiger partial charge on any atom is -0.466 e. The number of H-pyrrole nitrogens is 1. The highest BCUT2D eigenvalue weighted by Crippen LogP contribution is 1.96. The van der Waals surface area contributed by atoms with E-state index in [0.717, 1.165) is 0 Å². The zero-order valence-corrected chi connectivity index (χ0v) is 7.74. The van der Waals surface area contributed by atoms with Gasteiger partial charge in [-0.3, -0.25) is 14.6 Å². The number of nitrogens with one attached hydrogen (secondary N) is 1. The van der Waals surface area contributed by atoms with Gasteiger partial charge in [-0.15, -0.1) is 0 Å². The lowest BCUT2D eigenvalue weighted by atomic mass is 10.3. The Morgan fingerprint density at radius 3 is 3.00 bits per heavy atom. The second kappa shape index (κ2) is 4.40. The number of carbonyl (C=O) groups excluding carboxylic acids is 1. The van der Waals surface area contributed by atoms with E-state index >= 15 is 0 Å². The Balaban J connectivity index is 2.76. The van der Waals surface area contributed by atoms with Crippen LogP contribution in [0.4, 0.5) is 5.95 Å². The lowest BCUT2D eigenvalue weighted by Gasteiger charge is -2.01. The Bertz CT molecular complexity index is 386. The number of nitrogens with zero attached hydrogens (tertiary/aromatic N) is 1. The summed E-state index contributed by atoms with van der Waals surface area (Å²) in [6.45, 7) is 2.01. The highest BCUT2D eigenvalue weighted by Gasteiger charge is 2.06. The molecule has 6 nitrogen and oxygen atoms in total. The number of esters is 1. The molecule has 76 valence electrons. The summed E-state index contributed by atoms with van der Waals surface area (Å²) in [5, 5.41) is 0. The molecule has 0 spiro atoms. The second-order valence-corrected chi connectivity index (χ2v) is 2.60. The maximum absolute atomic E-state index is 11.0. The molecule has 1 aromatic heterocycles. The van der Waals surface area contributed by atoms with Crippen molar-refractivity contribution in [2.45, 2.75) is 13.3 Å². The van der Waals surface area contributed by atoms with Crippen LogP contribution in [0.15, 0.2) is 10.9 Å². The molecule has 0 atom stereocenters. The van der Waals surface area contributed by atoms with Crippen molar-refractivity contribution in [2.24, 2.45) is 0 Å². The topological polar surface area (TPSA) is 98.1 Å².